The SMILES string of the molecule is ISNCCOCCNSI. The zero-order valence-electron chi connectivity index (χ0n) is 5.81. The highest BCUT2D eigenvalue weighted by Crippen LogP contribution is 2.03. The van der Waals surface area contributed by atoms with Crippen LogP contribution in [0.1, 0.15) is 0 Å². The Bertz CT molecular complexity index is 73.1. The topological polar surface area (TPSA) is 33.3 Å². The first-order valence-electron chi connectivity index (χ1n) is 3.00. The minimum Gasteiger partial charge on any atom is -0.379 e. The number of halogens is 2. The van der Waals surface area contributed by atoms with E-state index in [0.29, 0.717) is 0 Å². The summed E-state index contributed by atoms with van der Waals surface area (Å²) in [4.78, 5) is 0. The smallest absolute Gasteiger partial charge is 0.0601 e. The summed E-state index contributed by atoms with van der Waals surface area (Å²) in [7, 11) is 3.18. The molecule has 0 fully saturated rings. The van der Waals surface area contributed by atoms with E-state index in [1.807, 2.05) is 0 Å². The fourth-order valence-electron chi connectivity index (χ4n) is 0.407. The lowest BCUT2D eigenvalue weighted by Crippen LogP contribution is -2.16. The second-order valence-corrected chi connectivity index (χ2v) is 5.08. The van der Waals surface area contributed by atoms with Crippen molar-refractivity contribution in [3.05, 3.63) is 0 Å². The Morgan fingerprint density at radius 3 is 1.82 bits per heavy atom. The van der Waals surface area contributed by atoms with Crippen LogP contribution in [0.3, 0.4) is 0 Å². The number of nitrogens with one attached hydrogen (secondary N) is 2. The molecule has 2 N–H and O–H groups in total. The van der Waals surface area contributed by atoms with Gasteiger partial charge in [0.2, 0.25) is 0 Å². The Labute approximate surface area is 100.0 Å². The Balaban J connectivity index is 2.69. The molecular weight excluding hydrogens is 410 g/mol. The summed E-state index contributed by atoms with van der Waals surface area (Å²) in [6.07, 6.45) is 0. The molecule has 0 aromatic heterocycles. The molecule has 11 heavy (non-hydrogen) atoms. The minimum absolute atomic E-state index is 0.781. The van der Waals surface area contributed by atoms with Crippen molar-refractivity contribution in [2.45, 2.75) is 0 Å². The van der Waals surface area contributed by atoms with Crippen molar-refractivity contribution in [2.75, 3.05) is 26.3 Å². The maximum atomic E-state index is 5.28. The van der Waals surface area contributed by atoms with Gasteiger partial charge in [-0.15, -0.1) is 0 Å². The summed E-state index contributed by atoms with van der Waals surface area (Å²) in [5, 5.41) is 0. The third-order valence-electron chi connectivity index (χ3n) is 0.806. The molecule has 0 unspecified atom stereocenters. The first-order valence-corrected chi connectivity index (χ1v) is 9.72. The van der Waals surface area contributed by atoms with Crippen molar-refractivity contribution in [2.24, 2.45) is 0 Å². The zero-order valence-corrected chi connectivity index (χ0v) is 11.8. The third-order valence-corrected chi connectivity index (χ3v) is 3.30. The van der Waals surface area contributed by atoms with Crippen molar-refractivity contribution in [1.29, 1.82) is 0 Å². The average molecular weight is 420 g/mol. The Morgan fingerprint density at radius 2 is 1.45 bits per heavy atom. The quantitative estimate of drug-likeness (QED) is 0.358. The summed E-state index contributed by atoms with van der Waals surface area (Å²) in [5.41, 5.74) is 0. The molecule has 0 aliphatic rings. The van der Waals surface area contributed by atoms with Crippen molar-refractivity contribution in [3.8, 4) is 0 Å². The highest BCUT2D eigenvalue weighted by Gasteiger charge is 1.87. The molecule has 0 aromatic carbocycles. The molecule has 0 bridgehead atoms. The lowest BCUT2D eigenvalue weighted by molar-refractivity contribution is 0.145. The number of hydrogen-bond acceptors (Lipinski definition) is 5. The van der Waals surface area contributed by atoms with Gasteiger partial charge in [0.25, 0.3) is 0 Å². The van der Waals surface area contributed by atoms with Crippen LogP contribution in [0, 0.1) is 0 Å². The van der Waals surface area contributed by atoms with Gasteiger partial charge in [0.1, 0.15) is 0 Å². The second-order valence-electron chi connectivity index (χ2n) is 1.56. The maximum Gasteiger partial charge on any atom is 0.0601 e. The van der Waals surface area contributed by atoms with E-state index in [1.165, 1.54) is 0 Å². The van der Waals surface area contributed by atoms with Crippen molar-refractivity contribution in [3.63, 3.8) is 0 Å². The Morgan fingerprint density at radius 1 is 1.00 bits per heavy atom. The number of ether oxygens (including phenoxy) is 1. The van der Waals surface area contributed by atoms with Gasteiger partial charge in [-0.05, 0) is 18.2 Å². The van der Waals surface area contributed by atoms with E-state index in [9.17, 15) is 0 Å². The van der Waals surface area contributed by atoms with Crippen LogP contribution in [0.5, 0.6) is 0 Å². The summed E-state index contributed by atoms with van der Waals surface area (Å²) >= 11 is 4.39. The Hall–Kier alpha value is 2.04. The zero-order chi connectivity index (χ0) is 8.36. The van der Waals surface area contributed by atoms with Gasteiger partial charge < -0.3 is 4.74 Å². The molecule has 0 aliphatic carbocycles. The van der Waals surface area contributed by atoms with Crippen LogP contribution in [-0.4, -0.2) is 26.3 Å². The number of hydrogen-bond donors (Lipinski definition) is 2. The van der Waals surface area contributed by atoms with Crippen LogP contribution < -0.4 is 9.44 Å². The van der Waals surface area contributed by atoms with Crippen molar-refractivity contribution < 1.29 is 4.74 Å². The van der Waals surface area contributed by atoms with Gasteiger partial charge in [0, 0.05) is 55.5 Å². The molecule has 0 amide bonds. The van der Waals surface area contributed by atoms with E-state index in [0.717, 1.165) is 26.3 Å². The second kappa shape index (κ2) is 12.0. The summed E-state index contributed by atoms with van der Waals surface area (Å²) in [6, 6.07) is 0. The van der Waals surface area contributed by atoms with Crippen LogP contribution in [-0.2, 0) is 4.74 Å². The van der Waals surface area contributed by atoms with E-state index in [2.05, 4.69) is 51.9 Å². The molecule has 0 saturated carbocycles. The van der Waals surface area contributed by atoms with Crippen LogP contribution in [0.15, 0.2) is 0 Å². The average Bonchev–Trinajstić information content (AvgIpc) is 2.03. The van der Waals surface area contributed by atoms with E-state index in [1.54, 1.807) is 18.2 Å². The van der Waals surface area contributed by atoms with Gasteiger partial charge >= 0.3 is 0 Å². The van der Waals surface area contributed by atoms with Crippen LogP contribution >= 0.6 is 60.6 Å². The minimum atomic E-state index is 0.781. The molecule has 3 nitrogen and oxygen atoms in total. The fourth-order valence-corrected chi connectivity index (χ4v) is 2.05. The van der Waals surface area contributed by atoms with Gasteiger partial charge in [0.05, 0.1) is 13.2 Å². The van der Waals surface area contributed by atoms with Gasteiger partial charge in [-0.3, -0.25) is 9.44 Å². The molecular formula is C4H10I2N2OS2. The molecule has 0 atom stereocenters. The van der Waals surface area contributed by atoms with E-state index < -0.39 is 0 Å². The highest BCUT2D eigenvalue weighted by atomic mass is 127. The first-order chi connectivity index (χ1) is 5.41. The Kier molecular flexibility index (Phi) is 14.3. The molecule has 0 aliphatic heterocycles. The molecule has 0 saturated heterocycles. The summed E-state index contributed by atoms with van der Waals surface area (Å²) < 4.78 is 11.5. The summed E-state index contributed by atoms with van der Waals surface area (Å²) in [6.45, 7) is 3.38. The lowest BCUT2D eigenvalue weighted by Gasteiger charge is -2.02. The predicted molar refractivity (Wildman–Crippen MR) is 70.0 cm³/mol. The fraction of sp³-hybridized carbons (Fsp3) is 1.00. The monoisotopic (exact) mass is 420 g/mol. The molecule has 0 aromatic rings. The predicted octanol–water partition coefficient (Wildman–Crippen LogP) is 2.18. The van der Waals surface area contributed by atoms with Crippen molar-refractivity contribution >= 4 is 60.6 Å². The lowest BCUT2D eigenvalue weighted by atomic mass is 10.7. The maximum absolute atomic E-state index is 5.28. The molecule has 68 valence electrons. The van der Waals surface area contributed by atoms with Crippen LogP contribution in [0.25, 0.3) is 0 Å². The largest absolute Gasteiger partial charge is 0.379 e. The first kappa shape index (κ1) is 13.0. The molecule has 0 heterocycles. The van der Waals surface area contributed by atoms with Crippen LogP contribution in [0.2, 0.25) is 0 Å². The van der Waals surface area contributed by atoms with E-state index in [4.69, 9.17) is 4.74 Å². The molecule has 7 heteroatoms. The van der Waals surface area contributed by atoms with Gasteiger partial charge in [-0.1, -0.05) is 0 Å². The van der Waals surface area contributed by atoms with Gasteiger partial charge in [-0.25, -0.2) is 0 Å². The normalized spacial score (nSPS) is 10.4. The van der Waals surface area contributed by atoms with E-state index in [-0.39, 0.29) is 0 Å². The van der Waals surface area contributed by atoms with Crippen LogP contribution in [0.4, 0.5) is 0 Å². The standard InChI is InChI=1S/C4H10I2N2OS2/c5-10-7-1-3-9-4-2-8-11-6/h7-8H,1-4H2. The van der Waals surface area contributed by atoms with E-state index >= 15 is 0 Å². The van der Waals surface area contributed by atoms with Crippen molar-refractivity contribution in [1.82, 2.24) is 9.44 Å². The van der Waals surface area contributed by atoms with Gasteiger partial charge in [-0.2, -0.15) is 0 Å². The molecule has 0 spiro atoms. The van der Waals surface area contributed by atoms with Gasteiger partial charge in [0.15, 0.2) is 0 Å². The third kappa shape index (κ3) is 12.0. The number of rotatable bonds is 8. The summed E-state index contributed by atoms with van der Waals surface area (Å²) in [5.74, 6) is 0. The molecule has 0 rings (SSSR count). The molecule has 0 radical (unpaired) electrons. The highest BCUT2D eigenvalue weighted by molar-refractivity contribution is 14.2.